The van der Waals surface area contributed by atoms with Crippen LogP contribution in [-0.4, -0.2) is 22.7 Å². The monoisotopic (exact) mass is 259 g/mol. The van der Waals surface area contributed by atoms with Crippen molar-refractivity contribution in [3.05, 3.63) is 36.5 Å². The van der Waals surface area contributed by atoms with Crippen LogP contribution in [0.4, 0.5) is 0 Å². The Kier molecular flexibility index (Phi) is 4.34. The van der Waals surface area contributed by atoms with Crippen molar-refractivity contribution in [1.82, 2.24) is 4.98 Å². The quantitative estimate of drug-likeness (QED) is 0.865. The van der Waals surface area contributed by atoms with Gasteiger partial charge in [-0.25, -0.2) is 0 Å². The summed E-state index contributed by atoms with van der Waals surface area (Å²) in [6.07, 6.45) is 2.85. The Bertz CT molecular complexity index is 563. The molecule has 0 aliphatic heterocycles. The van der Waals surface area contributed by atoms with E-state index in [4.69, 9.17) is 9.84 Å². The molecule has 1 aromatic carbocycles. The summed E-state index contributed by atoms with van der Waals surface area (Å²) in [7, 11) is 0. The average Bonchev–Trinajstić information content (AvgIpc) is 2.43. The van der Waals surface area contributed by atoms with Crippen LogP contribution in [0.15, 0.2) is 36.5 Å². The van der Waals surface area contributed by atoms with Crippen LogP contribution in [0, 0.1) is 5.92 Å². The molecule has 2 rings (SSSR count). The number of benzene rings is 1. The zero-order chi connectivity index (χ0) is 13.7. The highest BCUT2D eigenvalue weighted by Crippen LogP contribution is 2.23. The van der Waals surface area contributed by atoms with Gasteiger partial charge in [0.05, 0.1) is 12.5 Å². The third-order valence-corrected chi connectivity index (χ3v) is 3.16. The van der Waals surface area contributed by atoms with Crippen molar-refractivity contribution in [2.45, 2.75) is 19.8 Å². The van der Waals surface area contributed by atoms with Gasteiger partial charge in [0.25, 0.3) is 0 Å². The number of pyridine rings is 1. The molecule has 0 bridgehead atoms. The van der Waals surface area contributed by atoms with Crippen LogP contribution < -0.4 is 4.74 Å². The molecular weight excluding hydrogens is 242 g/mol. The number of para-hydroxylation sites is 1. The highest BCUT2D eigenvalue weighted by Gasteiger charge is 2.15. The second-order valence-electron chi connectivity index (χ2n) is 4.41. The maximum atomic E-state index is 10.9. The summed E-state index contributed by atoms with van der Waals surface area (Å²) in [6.45, 7) is 2.26. The number of fused-ring (bicyclic) bond motifs is 1. The zero-order valence-corrected chi connectivity index (χ0v) is 10.9. The van der Waals surface area contributed by atoms with Crippen molar-refractivity contribution in [2.24, 2.45) is 5.92 Å². The van der Waals surface area contributed by atoms with Gasteiger partial charge in [-0.1, -0.05) is 25.1 Å². The Balaban J connectivity index is 2.04. The highest BCUT2D eigenvalue weighted by atomic mass is 16.5. The van der Waals surface area contributed by atoms with Crippen LogP contribution in [0.3, 0.4) is 0 Å². The molecule has 1 unspecified atom stereocenters. The predicted octanol–water partition coefficient (Wildman–Crippen LogP) is 3.11. The number of carbonyl (C=O) groups is 1. The normalized spacial score (nSPS) is 12.3. The maximum absolute atomic E-state index is 10.9. The van der Waals surface area contributed by atoms with E-state index in [1.807, 2.05) is 37.3 Å². The van der Waals surface area contributed by atoms with Gasteiger partial charge in [0, 0.05) is 11.6 Å². The van der Waals surface area contributed by atoms with Gasteiger partial charge in [0.1, 0.15) is 11.3 Å². The molecule has 0 saturated heterocycles. The predicted molar refractivity (Wildman–Crippen MR) is 73.3 cm³/mol. The molecule has 4 nitrogen and oxygen atoms in total. The van der Waals surface area contributed by atoms with Gasteiger partial charge < -0.3 is 9.84 Å². The second kappa shape index (κ2) is 6.18. The highest BCUT2D eigenvalue weighted by molar-refractivity contribution is 5.84. The van der Waals surface area contributed by atoms with E-state index in [2.05, 4.69) is 4.98 Å². The van der Waals surface area contributed by atoms with Gasteiger partial charge in [-0.3, -0.25) is 9.78 Å². The molecule has 0 radical (unpaired) electrons. The van der Waals surface area contributed by atoms with Crippen molar-refractivity contribution < 1.29 is 14.6 Å². The number of hydrogen-bond acceptors (Lipinski definition) is 3. The number of carboxylic acids is 1. The number of hydrogen-bond donors (Lipinski definition) is 1. The van der Waals surface area contributed by atoms with E-state index in [1.54, 1.807) is 6.20 Å². The topological polar surface area (TPSA) is 59.4 Å². The number of aliphatic carboxylic acids is 1. The van der Waals surface area contributed by atoms with Crippen molar-refractivity contribution in [1.29, 1.82) is 0 Å². The lowest BCUT2D eigenvalue weighted by Crippen LogP contribution is -2.16. The summed E-state index contributed by atoms with van der Waals surface area (Å²) >= 11 is 0. The fourth-order valence-corrected chi connectivity index (χ4v) is 2.01. The molecule has 1 heterocycles. The molecule has 1 N–H and O–H groups in total. The summed E-state index contributed by atoms with van der Waals surface area (Å²) in [5.41, 5.74) is 0.813. The van der Waals surface area contributed by atoms with Gasteiger partial charge in [-0.05, 0) is 25.0 Å². The van der Waals surface area contributed by atoms with Gasteiger partial charge in [-0.15, -0.1) is 0 Å². The van der Waals surface area contributed by atoms with E-state index in [1.165, 1.54) is 0 Å². The zero-order valence-electron chi connectivity index (χ0n) is 10.9. The molecule has 0 amide bonds. The lowest BCUT2D eigenvalue weighted by molar-refractivity contribution is -0.142. The summed E-state index contributed by atoms with van der Waals surface area (Å²) in [6, 6.07) is 9.59. The Morgan fingerprint density at radius 3 is 2.89 bits per heavy atom. The minimum atomic E-state index is -0.762. The van der Waals surface area contributed by atoms with E-state index in [-0.39, 0.29) is 5.92 Å². The first-order valence-corrected chi connectivity index (χ1v) is 6.41. The van der Waals surface area contributed by atoms with Crippen LogP contribution in [-0.2, 0) is 4.79 Å². The number of ether oxygens (including phenoxy) is 1. The fourth-order valence-electron chi connectivity index (χ4n) is 2.01. The summed E-state index contributed by atoms with van der Waals surface area (Å²) in [4.78, 5) is 15.2. The molecule has 0 aliphatic carbocycles. The molecular formula is C15H17NO3. The first-order chi connectivity index (χ1) is 9.22. The van der Waals surface area contributed by atoms with Crippen LogP contribution in [0.25, 0.3) is 10.9 Å². The number of aromatic nitrogens is 1. The average molecular weight is 259 g/mol. The summed E-state index contributed by atoms with van der Waals surface area (Å²) in [5, 5.41) is 9.99. The van der Waals surface area contributed by atoms with E-state index < -0.39 is 5.97 Å². The molecule has 19 heavy (non-hydrogen) atoms. The first-order valence-electron chi connectivity index (χ1n) is 6.41. The molecule has 2 aromatic rings. The van der Waals surface area contributed by atoms with Crippen LogP contribution in [0.2, 0.25) is 0 Å². The van der Waals surface area contributed by atoms with Gasteiger partial charge in [-0.2, -0.15) is 0 Å². The van der Waals surface area contributed by atoms with E-state index >= 15 is 0 Å². The van der Waals surface area contributed by atoms with E-state index in [0.29, 0.717) is 25.2 Å². The third kappa shape index (κ3) is 3.22. The molecule has 0 spiro atoms. The molecule has 0 aliphatic rings. The summed E-state index contributed by atoms with van der Waals surface area (Å²) in [5.74, 6) is -0.400. The van der Waals surface area contributed by atoms with E-state index in [0.717, 1.165) is 10.9 Å². The number of rotatable bonds is 6. The maximum Gasteiger partial charge on any atom is 0.306 e. The largest absolute Gasteiger partial charge is 0.491 e. The molecule has 100 valence electrons. The lowest BCUT2D eigenvalue weighted by Gasteiger charge is -2.12. The Hall–Kier alpha value is -2.10. The van der Waals surface area contributed by atoms with Crippen LogP contribution >= 0.6 is 0 Å². The Morgan fingerprint density at radius 1 is 1.37 bits per heavy atom. The number of carboxylic acid groups (broad SMARTS) is 1. The number of nitrogens with zero attached hydrogens (tertiary/aromatic N) is 1. The molecule has 1 aromatic heterocycles. The van der Waals surface area contributed by atoms with Crippen molar-refractivity contribution in [3.8, 4) is 5.75 Å². The molecule has 4 heteroatoms. The standard InChI is InChI=1S/C15H17NO3/c1-2-11(15(17)18)8-10-19-13-7-3-5-12-6-4-9-16-14(12)13/h3-7,9,11H,2,8,10H2,1H3,(H,17,18). The van der Waals surface area contributed by atoms with Gasteiger partial charge >= 0.3 is 5.97 Å². The van der Waals surface area contributed by atoms with Gasteiger partial charge in [0.2, 0.25) is 0 Å². The van der Waals surface area contributed by atoms with E-state index in [9.17, 15) is 4.79 Å². The SMILES string of the molecule is CCC(CCOc1cccc2cccnc12)C(=O)O. The second-order valence-corrected chi connectivity index (χ2v) is 4.41. The molecule has 1 atom stereocenters. The lowest BCUT2D eigenvalue weighted by atomic mass is 10.0. The van der Waals surface area contributed by atoms with Crippen molar-refractivity contribution >= 4 is 16.9 Å². The summed E-state index contributed by atoms with van der Waals surface area (Å²) < 4.78 is 5.68. The fraction of sp³-hybridized carbons (Fsp3) is 0.333. The minimum absolute atomic E-state index is 0.345. The minimum Gasteiger partial charge on any atom is -0.491 e. The smallest absolute Gasteiger partial charge is 0.306 e. The Labute approximate surface area is 112 Å². The van der Waals surface area contributed by atoms with Crippen molar-refractivity contribution in [3.63, 3.8) is 0 Å². The Morgan fingerprint density at radius 2 is 2.16 bits per heavy atom. The van der Waals surface area contributed by atoms with Crippen LogP contribution in [0.1, 0.15) is 19.8 Å². The molecule has 0 fully saturated rings. The van der Waals surface area contributed by atoms with Crippen molar-refractivity contribution in [2.75, 3.05) is 6.61 Å². The van der Waals surface area contributed by atoms with Crippen LogP contribution in [0.5, 0.6) is 5.75 Å². The van der Waals surface area contributed by atoms with Gasteiger partial charge in [0.15, 0.2) is 0 Å². The third-order valence-electron chi connectivity index (χ3n) is 3.16. The molecule has 0 saturated carbocycles. The first kappa shape index (κ1) is 13.3.